The molecule has 0 aromatic carbocycles. The number of hydrogen-bond donors (Lipinski definition) is 4. The van der Waals surface area contributed by atoms with E-state index >= 15 is 0 Å². The third-order valence-electron chi connectivity index (χ3n) is 2.48. The molecule has 104 valence electrons. The smallest absolute Gasteiger partial charge is 0.326 e. The van der Waals surface area contributed by atoms with Crippen LogP contribution in [0.4, 0.5) is 0 Å². The molecule has 5 N–H and O–H groups in total. The molecule has 0 aromatic rings. The summed E-state index contributed by atoms with van der Waals surface area (Å²) < 4.78 is 0. The summed E-state index contributed by atoms with van der Waals surface area (Å²) in [5.41, 5.74) is 5.20. The zero-order valence-corrected chi connectivity index (χ0v) is 10.4. The van der Waals surface area contributed by atoms with Gasteiger partial charge in [-0.1, -0.05) is 19.8 Å². The minimum atomic E-state index is -0.944. The molecule has 1 rings (SSSR count). The van der Waals surface area contributed by atoms with Gasteiger partial charge in [-0.05, 0) is 12.8 Å². The van der Waals surface area contributed by atoms with E-state index in [1.807, 2.05) is 6.92 Å². The van der Waals surface area contributed by atoms with E-state index in [1.54, 1.807) is 0 Å². The summed E-state index contributed by atoms with van der Waals surface area (Å²) in [6, 6.07) is -1.30. The van der Waals surface area contributed by atoms with Crippen LogP contribution >= 0.6 is 0 Å². The molecule has 1 aliphatic heterocycles. The highest BCUT2D eigenvalue weighted by atomic mass is 16.4. The highest BCUT2D eigenvalue weighted by molar-refractivity contribution is 5.87. The number of amides is 1. The summed E-state index contributed by atoms with van der Waals surface area (Å²) in [6.45, 7) is 2.01. The van der Waals surface area contributed by atoms with Crippen LogP contribution in [0.5, 0.6) is 0 Å². The standard InChI is InChI=1S/C6H13NO2.C5H7NO3/c1-2-3-4-5(7)6(8)9;7-4-2-1-3(6-4)5(8)9/h5H,2-4,7H2,1H3,(H,8,9);3H,1-2H2,(H,6,7)(H,8,9)/t;3-/m.0/s1. The van der Waals surface area contributed by atoms with Crippen LogP contribution in [0.2, 0.25) is 0 Å². The molecule has 1 saturated heterocycles. The van der Waals surface area contributed by atoms with Crippen molar-refractivity contribution in [3.63, 3.8) is 0 Å². The second-order valence-corrected chi connectivity index (χ2v) is 4.08. The molecular formula is C11H20N2O5. The first-order valence-corrected chi connectivity index (χ1v) is 5.89. The summed E-state index contributed by atoms with van der Waals surface area (Å²) in [4.78, 5) is 30.6. The van der Waals surface area contributed by atoms with Gasteiger partial charge in [0.2, 0.25) is 5.91 Å². The maximum Gasteiger partial charge on any atom is 0.326 e. The van der Waals surface area contributed by atoms with E-state index < -0.39 is 24.0 Å². The molecule has 0 aromatic heterocycles. The number of aliphatic carboxylic acids is 2. The normalized spacial score (nSPS) is 19.4. The topological polar surface area (TPSA) is 130 Å². The number of hydrogen-bond acceptors (Lipinski definition) is 4. The first-order valence-electron chi connectivity index (χ1n) is 5.89. The predicted molar refractivity (Wildman–Crippen MR) is 63.9 cm³/mol. The van der Waals surface area contributed by atoms with Crippen LogP contribution in [0.3, 0.4) is 0 Å². The van der Waals surface area contributed by atoms with Crippen molar-refractivity contribution in [1.29, 1.82) is 0 Å². The van der Waals surface area contributed by atoms with Gasteiger partial charge in [0.1, 0.15) is 12.1 Å². The van der Waals surface area contributed by atoms with Gasteiger partial charge in [-0.25, -0.2) is 4.79 Å². The molecule has 1 aliphatic rings. The molecule has 0 saturated carbocycles. The fraction of sp³-hybridized carbons (Fsp3) is 0.727. The molecule has 0 radical (unpaired) electrons. The first-order chi connectivity index (χ1) is 8.38. The third kappa shape index (κ3) is 6.85. The number of rotatable bonds is 5. The second-order valence-electron chi connectivity index (χ2n) is 4.08. The Balaban J connectivity index is 0.000000321. The van der Waals surface area contributed by atoms with Gasteiger partial charge in [-0.3, -0.25) is 9.59 Å². The van der Waals surface area contributed by atoms with Gasteiger partial charge in [0.15, 0.2) is 0 Å². The van der Waals surface area contributed by atoms with Crippen molar-refractivity contribution in [2.75, 3.05) is 0 Å². The summed E-state index contributed by atoms with van der Waals surface area (Å²) in [6.07, 6.45) is 3.26. The highest BCUT2D eigenvalue weighted by Crippen LogP contribution is 2.05. The van der Waals surface area contributed by atoms with E-state index in [0.29, 0.717) is 19.3 Å². The zero-order valence-electron chi connectivity index (χ0n) is 10.4. The number of nitrogens with one attached hydrogen (secondary N) is 1. The van der Waals surface area contributed by atoms with E-state index in [9.17, 15) is 14.4 Å². The van der Waals surface area contributed by atoms with E-state index in [-0.39, 0.29) is 5.91 Å². The Labute approximate surface area is 105 Å². The lowest BCUT2D eigenvalue weighted by atomic mass is 10.1. The second kappa shape index (κ2) is 8.46. The summed E-state index contributed by atoms with van der Waals surface area (Å²) in [5.74, 6) is -2.01. The van der Waals surface area contributed by atoms with E-state index in [0.717, 1.165) is 12.8 Å². The van der Waals surface area contributed by atoms with Gasteiger partial charge < -0.3 is 21.3 Å². The summed E-state index contributed by atoms with van der Waals surface area (Å²) >= 11 is 0. The molecule has 1 amide bonds. The molecule has 0 bridgehead atoms. The Hall–Kier alpha value is -1.63. The number of carboxylic acids is 2. The molecule has 1 unspecified atom stereocenters. The fourth-order valence-corrected chi connectivity index (χ4v) is 1.35. The van der Waals surface area contributed by atoms with Crippen molar-refractivity contribution in [1.82, 2.24) is 5.32 Å². The molecule has 7 heteroatoms. The van der Waals surface area contributed by atoms with Gasteiger partial charge in [0.05, 0.1) is 0 Å². The average molecular weight is 260 g/mol. The van der Waals surface area contributed by atoms with Crippen molar-refractivity contribution in [3.05, 3.63) is 0 Å². The average Bonchev–Trinajstić information content (AvgIpc) is 2.73. The molecule has 1 fully saturated rings. The van der Waals surface area contributed by atoms with Crippen LogP contribution in [0, 0.1) is 0 Å². The molecule has 7 nitrogen and oxygen atoms in total. The van der Waals surface area contributed by atoms with Crippen LogP contribution in [0.15, 0.2) is 0 Å². The minimum absolute atomic E-state index is 0.164. The van der Waals surface area contributed by atoms with Crippen molar-refractivity contribution >= 4 is 17.8 Å². The number of unbranched alkanes of at least 4 members (excludes halogenated alkanes) is 1. The SMILES string of the molecule is CCCCC(N)C(=O)O.O=C1CC[C@@H](C(=O)O)N1. The summed E-state index contributed by atoms with van der Waals surface area (Å²) in [5, 5.41) is 18.9. The lowest BCUT2D eigenvalue weighted by Gasteiger charge is -2.02. The molecular weight excluding hydrogens is 240 g/mol. The Bertz CT molecular complexity index is 306. The maximum atomic E-state index is 10.4. The van der Waals surface area contributed by atoms with E-state index in [2.05, 4.69) is 5.32 Å². The van der Waals surface area contributed by atoms with Gasteiger partial charge in [-0.2, -0.15) is 0 Å². The van der Waals surface area contributed by atoms with Crippen molar-refractivity contribution in [2.45, 2.75) is 51.1 Å². The fourth-order valence-electron chi connectivity index (χ4n) is 1.35. The maximum absolute atomic E-state index is 10.4. The predicted octanol–water partition coefficient (Wildman–Crippen LogP) is -0.0619. The largest absolute Gasteiger partial charge is 0.480 e. The lowest BCUT2D eigenvalue weighted by Crippen LogP contribution is -2.32. The minimum Gasteiger partial charge on any atom is -0.480 e. The van der Waals surface area contributed by atoms with E-state index in [1.165, 1.54) is 0 Å². The Morgan fingerprint density at radius 3 is 2.39 bits per heavy atom. The molecule has 1 heterocycles. The lowest BCUT2D eigenvalue weighted by molar-refractivity contribution is -0.140. The van der Waals surface area contributed by atoms with Crippen LogP contribution in [0.25, 0.3) is 0 Å². The van der Waals surface area contributed by atoms with Crippen molar-refractivity contribution in [2.24, 2.45) is 5.73 Å². The number of carbonyl (C=O) groups excluding carboxylic acids is 1. The third-order valence-corrected chi connectivity index (χ3v) is 2.48. The van der Waals surface area contributed by atoms with E-state index in [4.69, 9.17) is 15.9 Å². The molecule has 2 atom stereocenters. The molecule has 0 aliphatic carbocycles. The van der Waals surface area contributed by atoms with Gasteiger partial charge >= 0.3 is 11.9 Å². The van der Waals surface area contributed by atoms with Crippen LogP contribution in [-0.4, -0.2) is 40.1 Å². The molecule has 0 spiro atoms. The van der Waals surface area contributed by atoms with Gasteiger partial charge in [0, 0.05) is 6.42 Å². The van der Waals surface area contributed by atoms with Gasteiger partial charge in [-0.15, -0.1) is 0 Å². The van der Waals surface area contributed by atoms with Crippen LogP contribution in [-0.2, 0) is 14.4 Å². The number of nitrogens with two attached hydrogens (primary N) is 1. The van der Waals surface area contributed by atoms with Crippen LogP contribution in [0.1, 0.15) is 39.0 Å². The van der Waals surface area contributed by atoms with Gasteiger partial charge in [0.25, 0.3) is 0 Å². The summed E-state index contributed by atoms with van der Waals surface area (Å²) in [7, 11) is 0. The number of carbonyl (C=O) groups is 3. The Morgan fingerprint density at radius 2 is 2.11 bits per heavy atom. The Kier molecular flexibility index (Phi) is 7.69. The Morgan fingerprint density at radius 1 is 1.50 bits per heavy atom. The monoisotopic (exact) mass is 260 g/mol. The number of carboxylic acid groups (broad SMARTS) is 2. The molecule has 18 heavy (non-hydrogen) atoms. The van der Waals surface area contributed by atoms with Crippen LogP contribution < -0.4 is 11.1 Å². The highest BCUT2D eigenvalue weighted by Gasteiger charge is 2.26. The first kappa shape index (κ1) is 16.4. The van der Waals surface area contributed by atoms with Crippen molar-refractivity contribution < 1.29 is 24.6 Å². The zero-order chi connectivity index (χ0) is 14.1. The van der Waals surface area contributed by atoms with Crippen molar-refractivity contribution in [3.8, 4) is 0 Å². The quantitative estimate of drug-likeness (QED) is 0.548.